The predicted molar refractivity (Wildman–Crippen MR) is 69.5 cm³/mol. The molecule has 1 aliphatic rings. The number of aromatic nitrogens is 2. The van der Waals surface area contributed by atoms with Crippen molar-refractivity contribution in [2.24, 2.45) is 0 Å². The molecule has 2 atom stereocenters. The molecule has 2 rings (SSSR count). The van der Waals surface area contributed by atoms with Gasteiger partial charge in [-0.05, 0) is 0 Å². The summed E-state index contributed by atoms with van der Waals surface area (Å²) in [5, 5.41) is 12.0. The van der Waals surface area contributed by atoms with Crippen molar-refractivity contribution in [3.05, 3.63) is 10.4 Å². The largest absolute Gasteiger partial charge is 0.594 e. The van der Waals surface area contributed by atoms with E-state index in [1.807, 2.05) is 0 Å². The highest BCUT2D eigenvalue weighted by atomic mass is 31.1. The van der Waals surface area contributed by atoms with Gasteiger partial charge in [-0.2, -0.15) is 4.98 Å². The summed E-state index contributed by atoms with van der Waals surface area (Å²) in [6.07, 6.45) is -1.18. The second-order valence-corrected chi connectivity index (χ2v) is 5.06. The molecule has 0 bridgehead atoms. The van der Waals surface area contributed by atoms with Crippen LogP contribution in [0.2, 0.25) is 0 Å². The standard InChI is InChI=1S/C9H14N5O5P/c10-9-12-7-6(8(16)13-9)11-3-14(7)1-5(2-15)19-4-20(17)18/h5,11,15H,1-4H2,(H3,10,12,13,16). The van der Waals surface area contributed by atoms with Gasteiger partial charge in [-0.1, -0.05) is 4.57 Å². The third-order valence-corrected chi connectivity index (χ3v) is 3.07. The molecule has 1 aromatic heterocycles. The van der Waals surface area contributed by atoms with Gasteiger partial charge in [-0.25, -0.2) is 0 Å². The second-order valence-electron chi connectivity index (χ2n) is 4.14. The lowest BCUT2D eigenvalue weighted by atomic mass is 10.3. The zero-order valence-electron chi connectivity index (χ0n) is 10.4. The van der Waals surface area contributed by atoms with E-state index >= 15 is 0 Å². The molecule has 0 radical (unpaired) electrons. The van der Waals surface area contributed by atoms with E-state index in [1.165, 1.54) is 0 Å². The average Bonchev–Trinajstić information content (AvgIpc) is 2.77. The summed E-state index contributed by atoms with van der Waals surface area (Å²) in [7, 11) is -2.68. The van der Waals surface area contributed by atoms with Crippen molar-refractivity contribution in [1.29, 1.82) is 0 Å². The molecule has 2 heterocycles. The number of nitrogens with one attached hydrogen (secondary N) is 2. The van der Waals surface area contributed by atoms with Gasteiger partial charge < -0.3 is 30.7 Å². The Balaban J connectivity index is 2.09. The minimum Gasteiger partial charge on any atom is -0.594 e. The molecule has 0 saturated carbocycles. The van der Waals surface area contributed by atoms with Gasteiger partial charge in [-0.15, -0.1) is 0 Å². The molecule has 10 nitrogen and oxygen atoms in total. The lowest BCUT2D eigenvalue weighted by Crippen LogP contribution is -2.36. The molecule has 0 aliphatic carbocycles. The molecule has 0 aromatic carbocycles. The summed E-state index contributed by atoms with van der Waals surface area (Å²) in [6.45, 7) is 0.113. The van der Waals surface area contributed by atoms with Crippen molar-refractivity contribution < 1.29 is 19.3 Å². The van der Waals surface area contributed by atoms with Gasteiger partial charge in [0.1, 0.15) is 11.8 Å². The minimum atomic E-state index is -2.68. The number of nitrogens with zero attached hydrogens (tertiary/aromatic N) is 2. The number of rotatable bonds is 6. The summed E-state index contributed by atoms with van der Waals surface area (Å²) in [5.74, 6) is 0.325. The van der Waals surface area contributed by atoms with Crippen LogP contribution in [-0.2, 0) is 9.30 Å². The van der Waals surface area contributed by atoms with Crippen LogP contribution < -0.4 is 26.4 Å². The lowest BCUT2D eigenvalue weighted by Gasteiger charge is -2.22. The first-order valence-electron chi connectivity index (χ1n) is 5.74. The highest BCUT2D eigenvalue weighted by molar-refractivity contribution is 7.36. The zero-order chi connectivity index (χ0) is 14.7. The molecule has 0 amide bonds. The first kappa shape index (κ1) is 14.7. The summed E-state index contributed by atoms with van der Waals surface area (Å²) in [4.78, 5) is 30.1. The monoisotopic (exact) mass is 303 g/mol. The van der Waals surface area contributed by atoms with Crippen molar-refractivity contribution in [3.63, 3.8) is 0 Å². The van der Waals surface area contributed by atoms with Crippen LogP contribution in [0.3, 0.4) is 0 Å². The van der Waals surface area contributed by atoms with Crippen LogP contribution in [0.5, 0.6) is 0 Å². The number of H-pyrrole nitrogens is 1. The number of nitrogens with two attached hydrogens (primary N) is 1. The SMILES string of the molecule is Nc1nc2c(c(=O)[nH]1)NCN2CC(CO)OC[P+](=O)[O-]. The maximum Gasteiger partial charge on any atom is 0.337 e. The van der Waals surface area contributed by atoms with Gasteiger partial charge in [-0.3, -0.25) is 9.78 Å². The van der Waals surface area contributed by atoms with Crippen LogP contribution in [0.15, 0.2) is 4.79 Å². The molecule has 0 saturated heterocycles. The number of ether oxygens (including phenoxy) is 1. The Hall–Kier alpha value is -1.74. The molecule has 1 aromatic rings. The van der Waals surface area contributed by atoms with Gasteiger partial charge in [0.15, 0.2) is 5.82 Å². The van der Waals surface area contributed by atoms with Crippen molar-refractivity contribution in [2.75, 3.05) is 42.1 Å². The fourth-order valence-electron chi connectivity index (χ4n) is 1.84. The Bertz CT molecular complexity index is 564. The third kappa shape index (κ3) is 3.23. The molecular weight excluding hydrogens is 289 g/mol. The highest BCUT2D eigenvalue weighted by Crippen LogP contribution is 2.25. The number of aromatic amines is 1. The molecule has 110 valence electrons. The fourth-order valence-corrected chi connectivity index (χ4v) is 2.17. The summed E-state index contributed by atoms with van der Waals surface area (Å²) >= 11 is 0. The quantitative estimate of drug-likeness (QED) is 0.435. The molecule has 2 unspecified atom stereocenters. The lowest BCUT2D eigenvalue weighted by molar-refractivity contribution is -0.170. The van der Waals surface area contributed by atoms with Crippen LogP contribution in [0.4, 0.5) is 17.5 Å². The van der Waals surface area contributed by atoms with E-state index in [2.05, 4.69) is 15.3 Å². The predicted octanol–water partition coefficient (Wildman–Crippen LogP) is -2.02. The van der Waals surface area contributed by atoms with E-state index < -0.39 is 20.5 Å². The summed E-state index contributed by atoms with van der Waals surface area (Å²) in [6, 6.07) is 0. The third-order valence-electron chi connectivity index (χ3n) is 2.71. The van der Waals surface area contributed by atoms with Crippen LogP contribution in [-0.4, -0.2) is 47.3 Å². The highest BCUT2D eigenvalue weighted by Gasteiger charge is 2.26. The topological polar surface area (TPSA) is 157 Å². The van der Waals surface area contributed by atoms with Crippen molar-refractivity contribution in [2.45, 2.75) is 6.10 Å². The Morgan fingerprint density at radius 3 is 3.05 bits per heavy atom. The van der Waals surface area contributed by atoms with Gasteiger partial charge in [0.05, 0.1) is 13.3 Å². The Kier molecular flexibility index (Phi) is 4.50. The molecule has 0 fully saturated rings. The summed E-state index contributed by atoms with van der Waals surface area (Å²) < 4.78 is 15.5. The number of hydrogen-bond donors (Lipinski definition) is 4. The maximum absolute atomic E-state index is 11.6. The first-order valence-corrected chi connectivity index (χ1v) is 7.10. The number of aliphatic hydroxyl groups is 1. The average molecular weight is 303 g/mol. The van der Waals surface area contributed by atoms with E-state index in [4.69, 9.17) is 10.5 Å². The van der Waals surface area contributed by atoms with Gasteiger partial charge in [0, 0.05) is 6.54 Å². The fraction of sp³-hybridized carbons (Fsp3) is 0.556. The normalized spacial score (nSPS) is 15.7. The maximum atomic E-state index is 11.6. The summed E-state index contributed by atoms with van der Waals surface area (Å²) in [5.41, 5.74) is 5.37. The number of fused-ring (bicyclic) bond motifs is 1. The smallest absolute Gasteiger partial charge is 0.337 e. The number of nitrogen functional groups attached to an aromatic ring is 1. The Labute approximate surface area is 114 Å². The molecule has 20 heavy (non-hydrogen) atoms. The zero-order valence-corrected chi connectivity index (χ0v) is 11.3. The van der Waals surface area contributed by atoms with Gasteiger partial charge >= 0.3 is 8.03 Å². The Morgan fingerprint density at radius 2 is 2.40 bits per heavy atom. The van der Waals surface area contributed by atoms with Crippen LogP contribution in [0, 0.1) is 0 Å². The van der Waals surface area contributed by atoms with Crippen LogP contribution >= 0.6 is 8.03 Å². The van der Waals surface area contributed by atoms with Crippen molar-refractivity contribution in [1.82, 2.24) is 9.97 Å². The molecule has 5 N–H and O–H groups in total. The second kappa shape index (κ2) is 6.14. The number of anilines is 3. The molecular formula is C9H14N5O5P. The van der Waals surface area contributed by atoms with E-state index in [0.29, 0.717) is 5.82 Å². The molecule has 1 aliphatic heterocycles. The van der Waals surface area contributed by atoms with Crippen LogP contribution in [0.1, 0.15) is 0 Å². The Morgan fingerprint density at radius 1 is 1.65 bits per heavy atom. The van der Waals surface area contributed by atoms with Crippen molar-refractivity contribution >= 4 is 25.5 Å². The van der Waals surface area contributed by atoms with Crippen LogP contribution in [0.25, 0.3) is 0 Å². The van der Waals surface area contributed by atoms with E-state index in [9.17, 15) is 19.4 Å². The van der Waals surface area contributed by atoms with E-state index in [-0.39, 0.29) is 37.0 Å². The first-order chi connectivity index (χ1) is 9.51. The minimum absolute atomic E-state index is 0.0217. The number of aliphatic hydroxyl groups excluding tert-OH is 1. The van der Waals surface area contributed by atoms with Crippen molar-refractivity contribution in [3.8, 4) is 0 Å². The van der Waals surface area contributed by atoms with Gasteiger partial charge in [0.25, 0.3) is 5.56 Å². The van der Waals surface area contributed by atoms with Gasteiger partial charge in [0.2, 0.25) is 12.3 Å². The number of hydrogen-bond acceptors (Lipinski definition) is 9. The van der Waals surface area contributed by atoms with E-state index in [1.54, 1.807) is 4.90 Å². The molecule has 11 heteroatoms. The van der Waals surface area contributed by atoms with E-state index in [0.717, 1.165) is 0 Å². The molecule has 0 spiro atoms.